The van der Waals surface area contributed by atoms with Crippen molar-refractivity contribution in [2.75, 3.05) is 47.2 Å². The molecular weight excluding hydrogens is 388 g/mol. The van der Waals surface area contributed by atoms with Crippen LogP contribution < -0.4 is 10.4 Å². The fourth-order valence-electron chi connectivity index (χ4n) is 4.74. The van der Waals surface area contributed by atoms with E-state index in [0.29, 0.717) is 11.8 Å². The standard InChI is InChI=1S/C21H30N4O5/c1-28-14-30-17-3-4-19-18(13-17)22-20(26)25(19)16-7-9-23(10-8-16)15-5-11-24(12-6-15)21(27)29-2/h3-4,13,15-16H,5-12,14H2,1-2H3,(H,22,26). The molecule has 2 fully saturated rings. The smallest absolute Gasteiger partial charge is 0.409 e. The maximum Gasteiger partial charge on any atom is 0.409 e. The van der Waals surface area contributed by atoms with Crippen LogP contribution in [0.3, 0.4) is 0 Å². The zero-order valence-corrected chi connectivity index (χ0v) is 17.6. The number of hydrogen-bond acceptors (Lipinski definition) is 6. The molecule has 2 aliphatic heterocycles. The van der Waals surface area contributed by atoms with Crippen LogP contribution >= 0.6 is 0 Å². The Morgan fingerprint density at radius 2 is 1.77 bits per heavy atom. The molecule has 0 atom stereocenters. The summed E-state index contributed by atoms with van der Waals surface area (Å²) in [5.41, 5.74) is 1.62. The van der Waals surface area contributed by atoms with Gasteiger partial charge in [-0.1, -0.05) is 0 Å². The predicted molar refractivity (Wildman–Crippen MR) is 112 cm³/mol. The zero-order chi connectivity index (χ0) is 21.1. The lowest BCUT2D eigenvalue weighted by Crippen LogP contribution is -2.49. The number of benzene rings is 1. The van der Waals surface area contributed by atoms with Gasteiger partial charge in [0.05, 0.1) is 18.1 Å². The number of aromatic nitrogens is 2. The quantitative estimate of drug-likeness (QED) is 0.749. The third-order valence-corrected chi connectivity index (χ3v) is 6.31. The largest absolute Gasteiger partial charge is 0.467 e. The Labute approximate surface area is 175 Å². The molecule has 2 aliphatic rings. The number of methoxy groups -OCH3 is 2. The number of rotatable bonds is 5. The van der Waals surface area contributed by atoms with Crippen LogP contribution in [0.5, 0.6) is 5.75 Å². The second-order valence-corrected chi connectivity index (χ2v) is 7.99. The summed E-state index contributed by atoms with van der Waals surface area (Å²) in [7, 11) is 3.00. The van der Waals surface area contributed by atoms with Gasteiger partial charge < -0.3 is 29.0 Å². The van der Waals surface area contributed by atoms with Gasteiger partial charge in [0.15, 0.2) is 6.79 Å². The van der Waals surface area contributed by atoms with E-state index in [1.807, 2.05) is 22.8 Å². The van der Waals surface area contributed by atoms with Gasteiger partial charge in [-0.3, -0.25) is 4.57 Å². The molecule has 0 unspecified atom stereocenters. The van der Waals surface area contributed by atoms with E-state index in [1.54, 1.807) is 12.0 Å². The predicted octanol–water partition coefficient (Wildman–Crippen LogP) is 2.18. The lowest BCUT2D eigenvalue weighted by molar-refractivity contribution is 0.0512. The van der Waals surface area contributed by atoms with Crippen LogP contribution in [0.4, 0.5) is 4.79 Å². The third kappa shape index (κ3) is 4.17. The third-order valence-electron chi connectivity index (χ3n) is 6.31. The number of H-pyrrole nitrogens is 1. The first-order valence-electron chi connectivity index (χ1n) is 10.5. The van der Waals surface area contributed by atoms with Crippen molar-refractivity contribution in [2.24, 2.45) is 0 Å². The number of hydrogen-bond donors (Lipinski definition) is 1. The van der Waals surface area contributed by atoms with Gasteiger partial charge >= 0.3 is 11.8 Å². The first-order valence-corrected chi connectivity index (χ1v) is 10.5. The van der Waals surface area contributed by atoms with E-state index in [0.717, 1.165) is 62.9 Å². The summed E-state index contributed by atoms with van der Waals surface area (Å²) in [6, 6.07) is 6.33. The van der Waals surface area contributed by atoms with Crippen LogP contribution in [-0.4, -0.2) is 78.7 Å². The van der Waals surface area contributed by atoms with Crippen LogP contribution in [0.2, 0.25) is 0 Å². The molecule has 0 radical (unpaired) electrons. The number of fused-ring (bicyclic) bond motifs is 1. The lowest BCUT2D eigenvalue weighted by atomic mass is 9.97. The van der Waals surface area contributed by atoms with Gasteiger partial charge in [0.1, 0.15) is 5.75 Å². The summed E-state index contributed by atoms with van der Waals surface area (Å²) >= 11 is 0. The summed E-state index contributed by atoms with van der Waals surface area (Å²) < 4.78 is 17.1. The van der Waals surface area contributed by atoms with Crippen molar-refractivity contribution in [1.29, 1.82) is 0 Å². The molecule has 9 nitrogen and oxygen atoms in total. The van der Waals surface area contributed by atoms with E-state index in [4.69, 9.17) is 14.2 Å². The van der Waals surface area contributed by atoms with Crippen LogP contribution in [0.1, 0.15) is 31.7 Å². The van der Waals surface area contributed by atoms with E-state index >= 15 is 0 Å². The van der Waals surface area contributed by atoms with Gasteiger partial charge in [0.2, 0.25) is 0 Å². The van der Waals surface area contributed by atoms with E-state index in [2.05, 4.69) is 9.88 Å². The second-order valence-electron chi connectivity index (χ2n) is 7.99. The minimum Gasteiger partial charge on any atom is -0.467 e. The zero-order valence-electron chi connectivity index (χ0n) is 17.6. The highest BCUT2D eigenvalue weighted by atomic mass is 16.7. The van der Waals surface area contributed by atoms with Crippen LogP contribution in [0, 0.1) is 0 Å². The summed E-state index contributed by atoms with van der Waals surface area (Å²) in [6.07, 6.45) is 3.58. The first kappa shape index (κ1) is 20.7. The molecule has 1 aromatic heterocycles. The summed E-state index contributed by atoms with van der Waals surface area (Å²) in [5.74, 6) is 0.672. The number of aromatic amines is 1. The maximum atomic E-state index is 12.7. The van der Waals surface area contributed by atoms with Gasteiger partial charge in [-0.25, -0.2) is 9.59 Å². The molecule has 0 spiro atoms. The van der Waals surface area contributed by atoms with Crippen LogP contribution in [0.15, 0.2) is 23.0 Å². The average molecular weight is 418 g/mol. The molecule has 2 saturated heterocycles. The van der Waals surface area contributed by atoms with Crippen molar-refractivity contribution in [3.63, 3.8) is 0 Å². The van der Waals surface area contributed by atoms with Gasteiger partial charge in [-0.05, 0) is 37.8 Å². The van der Waals surface area contributed by atoms with Gasteiger partial charge in [0.25, 0.3) is 0 Å². The molecule has 9 heteroatoms. The molecule has 1 amide bonds. The van der Waals surface area contributed by atoms with Crippen LogP contribution in [0.25, 0.3) is 11.0 Å². The number of nitrogens with zero attached hydrogens (tertiary/aromatic N) is 3. The number of carbonyl (C=O) groups excluding carboxylic acids is 1. The maximum absolute atomic E-state index is 12.7. The van der Waals surface area contributed by atoms with Crippen molar-refractivity contribution in [2.45, 2.75) is 37.8 Å². The van der Waals surface area contributed by atoms with Gasteiger partial charge in [-0.2, -0.15) is 0 Å². The molecule has 1 aromatic carbocycles. The average Bonchev–Trinajstić information content (AvgIpc) is 3.12. The van der Waals surface area contributed by atoms with Crippen molar-refractivity contribution < 1.29 is 19.0 Å². The molecule has 0 saturated carbocycles. The van der Waals surface area contributed by atoms with E-state index < -0.39 is 0 Å². The minimum atomic E-state index is -0.235. The lowest BCUT2D eigenvalue weighted by Gasteiger charge is -2.41. The molecule has 2 aromatic rings. The van der Waals surface area contributed by atoms with Crippen LogP contribution in [-0.2, 0) is 9.47 Å². The van der Waals surface area contributed by atoms with Gasteiger partial charge in [-0.15, -0.1) is 0 Å². The number of piperidine rings is 2. The molecule has 1 N–H and O–H groups in total. The fourth-order valence-corrected chi connectivity index (χ4v) is 4.74. The summed E-state index contributed by atoms with van der Waals surface area (Å²) in [4.78, 5) is 31.6. The molecular formula is C21H30N4O5. The number of nitrogens with one attached hydrogen (secondary N) is 1. The Kier molecular flexibility index (Phi) is 6.29. The van der Waals surface area contributed by atoms with E-state index in [9.17, 15) is 9.59 Å². The molecule has 3 heterocycles. The highest BCUT2D eigenvalue weighted by molar-refractivity contribution is 5.77. The van der Waals surface area contributed by atoms with Gasteiger partial charge in [0, 0.05) is 51.4 Å². The first-order chi connectivity index (χ1) is 14.6. The fraction of sp³-hybridized carbons (Fsp3) is 0.619. The Morgan fingerprint density at radius 1 is 1.07 bits per heavy atom. The number of ether oxygens (including phenoxy) is 3. The number of imidazole rings is 1. The number of likely N-dealkylation sites (tertiary alicyclic amines) is 2. The van der Waals surface area contributed by atoms with E-state index in [1.165, 1.54) is 7.11 Å². The minimum absolute atomic E-state index is 0.0706. The van der Waals surface area contributed by atoms with E-state index in [-0.39, 0.29) is 24.6 Å². The summed E-state index contributed by atoms with van der Waals surface area (Å²) in [6.45, 7) is 3.58. The molecule has 0 bridgehead atoms. The second kappa shape index (κ2) is 9.09. The highest BCUT2D eigenvalue weighted by Gasteiger charge is 2.31. The van der Waals surface area contributed by atoms with Crippen molar-refractivity contribution in [3.05, 3.63) is 28.7 Å². The monoisotopic (exact) mass is 418 g/mol. The molecule has 4 rings (SSSR count). The molecule has 30 heavy (non-hydrogen) atoms. The SMILES string of the molecule is COCOc1ccc2c(c1)[nH]c(=O)n2C1CCN(C2CCN(C(=O)OC)CC2)CC1. The Hall–Kier alpha value is -2.52. The number of carbonyl (C=O) groups is 1. The Morgan fingerprint density at radius 3 is 2.43 bits per heavy atom. The van der Waals surface area contributed by atoms with Crippen molar-refractivity contribution in [3.8, 4) is 5.75 Å². The molecule has 0 aliphatic carbocycles. The van der Waals surface area contributed by atoms with Crippen molar-refractivity contribution >= 4 is 17.1 Å². The molecule has 164 valence electrons. The Balaban J connectivity index is 1.38. The topological polar surface area (TPSA) is 89.0 Å². The number of amides is 1. The van der Waals surface area contributed by atoms with Crippen molar-refractivity contribution in [1.82, 2.24) is 19.4 Å². The highest BCUT2D eigenvalue weighted by Crippen LogP contribution is 2.29. The normalized spacial score (nSPS) is 19.3. The Bertz CT molecular complexity index is 923. The summed E-state index contributed by atoms with van der Waals surface area (Å²) in [5, 5.41) is 0.